The maximum absolute atomic E-state index is 5.16. The Kier molecular flexibility index (Phi) is 3.17. The fourth-order valence-corrected chi connectivity index (χ4v) is 2.09. The normalized spacial score (nSPS) is 32.4. The van der Waals surface area contributed by atoms with Gasteiger partial charge in [-0.3, -0.25) is 0 Å². The Morgan fingerprint density at radius 2 is 1.00 bits per heavy atom. The summed E-state index contributed by atoms with van der Waals surface area (Å²) in [7, 11) is -1.46. The third-order valence-corrected chi connectivity index (χ3v) is 3.50. The van der Waals surface area contributed by atoms with Crippen LogP contribution < -0.4 is 0 Å². The Hall–Kier alpha value is -0.250. The highest BCUT2D eigenvalue weighted by atomic mass is 33.1. The van der Waals surface area contributed by atoms with E-state index in [-0.39, 0.29) is 0 Å². The van der Waals surface area contributed by atoms with Crippen molar-refractivity contribution in [1.29, 1.82) is 0 Å². The van der Waals surface area contributed by atoms with Crippen LogP contribution in [0.2, 0.25) is 0 Å². The minimum atomic E-state index is -1.46. The third-order valence-electron chi connectivity index (χ3n) is 1.09. The molecule has 1 aliphatic rings. The monoisotopic (exact) mass is 200 g/mol. The molecule has 1 rings (SSSR count). The summed E-state index contributed by atoms with van der Waals surface area (Å²) >= 11 is 10.3. The minimum absolute atomic E-state index is 1.46. The molecule has 3 heteroatoms. The summed E-state index contributed by atoms with van der Waals surface area (Å²) in [5.41, 5.74) is 0. The molecule has 0 N–H and O–H groups in total. The Labute approximate surface area is 76.8 Å². The van der Waals surface area contributed by atoms with Crippen molar-refractivity contribution in [2.24, 2.45) is 0 Å². The van der Waals surface area contributed by atoms with Crippen LogP contribution in [0.5, 0.6) is 0 Å². The lowest BCUT2D eigenvalue weighted by Crippen LogP contribution is -1.80. The second-order valence-corrected chi connectivity index (χ2v) is 7.68. The van der Waals surface area contributed by atoms with E-state index < -0.39 is 7.15 Å². The number of allylic oxidation sites excluding steroid dienone is 6. The maximum Gasteiger partial charge on any atom is -0.0167 e. The summed E-state index contributed by atoms with van der Waals surface area (Å²) in [6.45, 7) is 0. The van der Waals surface area contributed by atoms with E-state index in [0.717, 1.165) is 0 Å². The van der Waals surface area contributed by atoms with Gasteiger partial charge in [-0.25, -0.2) is 0 Å². The van der Waals surface area contributed by atoms with Gasteiger partial charge >= 0.3 is 0 Å². The molecular weight excluding hydrogens is 192 g/mol. The van der Waals surface area contributed by atoms with E-state index in [4.69, 9.17) is 22.4 Å². The Balaban J connectivity index is 3.05. The molecule has 0 aliphatic carbocycles. The molecule has 0 unspecified atom stereocenters. The predicted molar refractivity (Wildman–Crippen MR) is 58.7 cm³/mol. The van der Waals surface area contributed by atoms with Gasteiger partial charge in [-0.2, -0.15) is 0 Å². The molecular formula is C8H8S3. The van der Waals surface area contributed by atoms with E-state index in [1.807, 2.05) is 47.3 Å². The van der Waals surface area contributed by atoms with Crippen LogP contribution in [0.4, 0.5) is 0 Å². The third kappa shape index (κ3) is 3.60. The SMILES string of the molecule is S=S1(=S)\C=C/C=C\C=C/C=C\1. The number of hydrogen-bond acceptors (Lipinski definition) is 2. The molecule has 1 heterocycles. The highest BCUT2D eigenvalue weighted by Crippen LogP contribution is 1.99. The van der Waals surface area contributed by atoms with Crippen LogP contribution in [0.25, 0.3) is 0 Å². The quantitative estimate of drug-likeness (QED) is 0.588. The summed E-state index contributed by atoms with van der Waals surface area (Å²) in [6.07, 6.45) is 11.6. The van der Waals surface area contributed by atoms with Crippen LogP contribution in [-0.4, -0.2) is 0 Å². The van der Waals surface area contributed by atoms with Crippen LogP contribution >= 0.6 is 0 Å². The highest BCUT2D eigenvalue weighted by molar-refractivity contribution is 8.59. The van der Waals surface area contributed by atoms with E-state index in [2.05, 4.69) is 0 Å². The molecule has 0 atom stereocenters. The molecule has 0 radical (unpaired) electrons. The Morgan fingerprint density at radius 3 is 1.45 bits per heavy atom. The second-order valence-electron chi connectivity index (χ2n) is 2.02. The minimum Gasteiger partial charge on any atom is -0.0622 e. The van der Waals surface area contributed by atoms with E-state index in [1.54, 1.807) is 0 Å². The lowest BCUT2D eigenvalue weighted by atomic mass is 10.4. The van der Waals surface area contributed by atoms with Crippen LogP contribution in [0, 0.1) is 0 Å². The van der Waals surface area contributed by atoms with Crippen molar-refractivity contribution in [3.05, 3.63) is 47.3 Å². The molecule has 0 aromatic rings. The summed E-state index contributed by atoms with van der Waals surface area (Å²) in [4.78, 5) is 0. The Morgan fingerprint density at radius 1 is 0.636 bits per heavy atom. The van der Waals surface area contributed by atoms with Crippen LogP contribution in [0.3, 0.4) is 0 Å². The van der Waals surface area contributed by atoms with Crippen molar-refractivity contribution in [2.45, 2.75) is 0 Å². The summed E-state index contributed by atoms with van der Waals surface area (Å²) in [5, 5.41) is 3.80. The molecule has 0 saturated carbocycles. The predicted octanol–water partition coefficient (Wildman–Crippen LogP) is 2.22. The van der Waals surface area contributed by atoms with Gasteiger partial charge in [0.05, 0.1) is 0 Å². The van der Waals surface area contributed by atoms with Crippen molar-refractivity contribution < 1.29 is 0 Å². The standard InChI is InChI=1S/C8H8S3/c9-11(10)7-5-3-1-2-4-6-8-11/h1-8H/b3-1-,4-2-,7-5-,8-6-. The van der Waals surface area contributed by atoms with E-state index >= 15 is 0 Å². The topological polar surface area (TPSA) is 0 Å². The van der Waals surface area contributed by atoms with Crippen molar-refractivity contribution >= 4 is 29.5 Å². The molecule has 58 valence electrons. The summed E-state index contributed by atoms with van der Waals surface area (Å²) in [6, 6.07) is 0. The molecule has 0 saturated heterocycles. The zero-order valence-electron chi connectivity index (χ0n) is 5.84. The van der Waals surface area contributed by atoms with E-state index in [9.17, 15) is 0 Å². The molecule has 11 heavy (non-hydrogen) atoms. The lowest BCUT2D eigenvalue weighted by molar-refractivity contribution is 1.91. The van der Waals surface area contributed by atoms with Crippen LogP contribution in [0.15, 0.2) is 47.3 Å². The Bertz CT molecular complexity index is 298. The van der Waals surface area contributed by atoms with Crippen molar-refractivity contribution in [1.82, 2.24) is 0 Å². The molecule has 0 fully saturated rings. The number of hydrogen-bond donors (Lipinski definition) is 0. The first-order valence-corrected chi connectivity index (χ1v) is 6.75. The van der Waals surface area contributed by atoms with Gasteiger partial charge in [0.1, 0.15) is 0 Å². The van der Waals surface area contributed by atoms with Crippen molar-refractivity contribution in [3.8, 4) is 0 Å². The fourth-order valence-electron chi connectivity index (χ4n) is 0.612. The van der Waals surface area contributed by atoms with Crippen LogP contribution in [-0.2, 0) is 29.5 Å². The summed E-state index contributed by atoms with van der Waals surface area (Å²) < 4.78 is 0. The van der Waals surface area contributed by atoms with Gasteiger partial charge in [-0.1, -0.05) is 36.5 Å². The molecule has 0 aromatic carbocycles. The van der Waals surface area contributed by atoms with Crippen LogP contribution in [0.1, 0.15) is 0 Å². The molecule has 0 aromatic heterocycles. The van der Waals surface area contributed by atoms with E-state index in [1.165, 1.54) is 0 Å². The zero-order valence-corrected chi connectivity index (χ0v) is 8.29. The molecule has 0 nitrogen and oxygen atoms in total. The van der Waals surface area contributed by atoms with Gasteiger partial charge in [-0.15, -0.1) is 0 Å². The lowest BCUT2D eigenvalue weighted by Gasteiger charge is -1.91. The number of rotatable bonds is 0. The average molecular weight is 200 g/mol. The molecule has 0 amide bonds. The van der Waals surface area contributed by atoms with Crippen molar-refractivity contribution in [2.75, 3.05) is 0 Å². The van der Waals surface area contributed by atoms with Gasteiger partial charge in [0, 0.05) is 0 Å². The fraction of sp³-hybridized carbons (Fsp3) is 0. The highest BCUT2D eigenvalue weighted by Gasteiger charge is 1.86. The maximum atomic E-state index is 5.16. The first-order valence-electron chi connectivity index (χ1n) is 3.14. The van der Waals surface area contributed by atoms with Gasteiger partial charge in [0.2, 0.25) is 0 Å². The summed E-state index contributed by atoms with van der Waals surface area (Å²) in [5.74, 6) is 0. The average Bonchev–Trinajstić information content (AvgIpc) is 2.00. The zero-order chi connectivity index (χ0) is 8.16. The van der Waals surface area contributed by atoms with Gasteiger partial charge in [0.15, 0.2) is 0 Å². The first-order chi connectivity index (χ1) is 5.21. The largest absolute Gasteiger partial charge is 0.0622 e. The first kappa shape index (κ1) is 8.84. The molecule has 1 aliphatic heterocycles. The van der Waals surface area contributed by atoms with E-state index in [0.29, 0.717) is 0 Å². The second kappa shape index (κ2) is 3.95. The smallest absolute Gasteiger partial charge is 0.0167 e. The van der Waals surface area contributed by atoms with Gasteiger partial charge in [0.25, 0.3) is 0 Å². The van der Waals surface area contributed by atoms with Gasteiger partial charge in [-0.05, 0) is 40.3 Å². The molecule has 0 spiro atoms. The van der Waals surface area contributed by atoms with Gasteiger partial charge < -0.3 is 0 Å². The van der Waals surface area contributed by atoms with Crippen molar-refractivity contribution in [3.63, 3.8) is 0 Å². The molecule has 0 bridgehead atoms.